The van der Waals surface area contributed by atoms with Crippen molar-refractivity contribution in [3.63, 3.8) is 0 Å². The largest absolute Gasteiger partial charge is 0.477 e. The summed E-state index contributed by atoms with van der Waals surface area (Å²) in [6.45, 7) is 1.85. The Bertz CT molecular complexity index is 969. The van der Waals surface area contributed by atoms with Gasteiger partial charge in [0, 0.05) is 28.7 Å². The molecule has 0 unspecified atom stereocenters. The van der Waals surface area contributed by atoms with Gasteiger partial charge in [-0.25, -0.2) is 9.18 Å². The minimum absolute atomic E-state index is 0.167. The average Bonchev–Trinajstić information content (AvgIpc) is 3.41. The summed E-state index contributed by atoms with van der Waals surface area (Å²) >= 11 is 0. The highest BCUT2D eigenvalue weighted by Gasteiger charge is 2.49. The number of aryl methyl sites for hydroxylation is 1. The van der Waals surface area contributed by atoms with Gasteiger partial charge in [-0.05, 0) is 58.3 Å². The molecule has 2 saturated carbocycles. The molecule has 0 radical (unpaired) electrons. The highest BCUT2D eigenvalue weighted by atomic mass is 19.1. The van der Waals surface area contributed by atoms with Crippen molar-refractivity contribution in [2.24, 2.45) is 0 Å². The first-order chi connectivity index (χ1) is 11.8. The fourth-order valence-electron chi connectivity index (χ4n) is 4.08. The zero-order valence-electron chi connectivity index (χ0n) is 14.6. The lowest BCUT2D eigenvalue weighted by Gasteiger charge is -2.28. The predicted molar refractivity (Wildman–Crippen MR) is 92.7 cm³/mol. The molecule has 1 aromatic carbocycles. The number of carboxylic acids is 1. The van der Waals surface area contributed by atoms with Crippen LogP contribution in [0.5, 0.6) is 0 Å². The van der Waals surface area contributed by atoms with Crippen LogP contribution in [0.25, 0.3) is 10.9 Å². The Kier molecular flexibility index (Phi) is 3.35. The first-order valence-electron chi connectivity index (χ1n) is 8.57. The smallest absolute Gasteiger partial charge is 0.341 e. The van der Waals surface area contributed by atoms with Crippen molar-refractivity contribution in [2.45, 2.75) is 44.2 Å². The molecule has 2 fully saturated rings. The number of pyridine rings is 1. The minimum Gasteiger partial charge on any atom is -0.477 e. The molecule has 6 heteroatoms. The third kappa shape index (κ3) is 2.24. The van der Waals surface area contributed by atoms with Crippen LogP contribution in [0.2, 0.25) is 0 Å². The number of halogens is 1. The highest BCUT2D eigenvalue weighted by Crippen LogP contribution is 2.52. The van der Waals surface area contributed by atoms with Gasteiger partial charge in [-0.3, -0.25) is 9.69 Å². The van der Waals surface area contributed by atoms with Crippen molar-refractivity contribution >= 4 is 16.9 Å². The summed E-state index contributed by atoms with van der Waals surface area (Å²) in [6.07, 6.45) is 5.09. The van der Waals surface area contributed by atoms with Crippen LogP contribution in [0.15, 0.2) is 17.1 Å². The van der Waals surface area contributed by atoms with E-state index in [-0.39, 0.29) is 22.5 Å². The molecule has 25 heavy (non-hydrogen) atoms. The van der Waals surface area contributed by atoms with Gasteiger partial charge in [0.1, 0.15) is 11.4 Å². The zero-order valence-corrected chi connectivity index (χ0v) is 14.6. The Hall–Kier alpha value is -2.21. The van der Waals surface area contributed by atoms with Crippen molar-refractivity contribution in [3.8, 4) is 0 Å². The standard InChI is InChI=1S/C19H21FN2O3/c1-10-15(19(6-7-19)21(2)3)14(20)8-12-16(10)22(11-4-5-11)9-13(17(12)23)18(24)25/h8-9,11H,4-7H2,1-3H3,(H,24,25). The van der Waals surface area contributed by atoms with E-state index >= 15 is 4.39 Å². The molecule has 1 N–H and O–H groups in total. The molecule has 0 aliphatic heterocycles. The van der Waals surface area contributed by atoms with Crippen LogP contribution in [-0.4, -0.2) is 34.6 Å². The molecule has 0 saturated heterocycles. The van der Waals surface area contributed by atoms with Crippen molar-refractivity contribution < 1.29 is 14.3 Å². The summed E-state index contributed by atoms with van der Waals surface area (Å²) in [4.78, 5) is 26.1. The lowest BCUT2D eigenvalue weighted by atomic mass is 9.93. The second kappa shape index (κ2) is 5.14. The van der Waals surface area contributed by atoms with Crippen LogP contribution in [0, 0.1) is 12.7 Å². The molecule has 0 spiro atoms. The summed E-state index contributed by atoms with van der Waals surface area (Å²) in [6, 6.07) is 1.43. The molecule has 0 amide bonds. The van der Waals surface area contributed by atoms with Gasteiger partial charge in [0.2, 0.25) is 5.43 Å². The number of benzene rings is 1. The van der Waals surface area contributed by atoms with Gasteiger partial charge in [-0.15, -0.1) is 0 Å². The van der Waals surface area contributed by atoms with E-state index in [1.807, 2.05) is 30.5 Å². The molecule has 0 atom stereocenters. The Morgan fingerprint density at radius 2 is 2.00 bits per heavy atom. The van der Waals surface area contributed by atoms with Gasteiger partial charge >= 0.3 is 5.97 Å². The first-order valence-corrected chi connectivity index (χ1v) is 8.57. The number of nitrogens with zero attached hydrogens (tertiary/aromatic N) is 2. The summed E-state index contributed by atoms with van der Waals surface area (Å²) in [5.74, 6) is -1.69. The van der Waals surface area contributed by atoms with Crippen molar-refractivity contribution in [1.29, 1.82) is 0 Å². The number of hydrogen-bond donors (Lipinski definition) is 1. The summed E-state index contributed by atoms with van der Waals surface area (Å²) in [5, 5.41) is 9.51. The summed E-state index contributed by atoms with van der Waals surface area (Å²) < 4.78 is 16.9. The monoisotopic (exact) mass is 344 g/mol. The van der Waals surface area contributed by atoms with E-state index in [1.54, 1.807) is 0 Å². The number of hydrogen-bond acceptors (Lipinski definition) is 3. The van der Waals surface area contributed by atoms with Gasteiger partial charge in [-0.1, -0.05) is 0 Å². The quantitative estimate of drug-likeness (QED) is 0.926. The van der Waals surface area contributed by atoms with E-state index < -0.39 is 17.2 Å². The zero-order chi connectivity index (χ0) is 18.1. The molecule has 4 rings (SSSR count). The maximum Gasteiger partial charge on any atom is 0.341 e. The maximum absolute atomic E-state index is 15.0. The Morgan fingerprint density at radius 3 is 2.48 bits per heavy atom. The molecule has 2 aliphatic rings. The van der Waals surface area contributed by atoms with Crippen LogP contribution in [0.1, 0.15) is 53.2 Å². The SMILES string of the molecule is Cc1c(C2(N(C)C)CC2)c(F)cc2c(=O)c(C(=O)O)cn(C3CC3)c12. The van der Waals surface area contributed by atoms with Gasteiger partial charge in [-0.2, -0.15) is 0 Å². The topological polar surface area (TPSA) is 62.5 Å². The van der Waals surface area contributed by atoms with Gasteiger partial charge in [0.15, 0.2) is 0 Å². The van der Waals surface area contributed by atoms with Gasteiger partial charge < -0.3 is 9.67 Å². The van der Waals surface area contributed by atoms with Crippen LogP contribution in [-0.2, 0) is 5.54 Å². The number of carbonyl (C=O) groups is 1. The van der Waals surface area contributed by atoms with E-state index in [9.17, 15) is 14.7 Å². The molecule has 132 valence electrons. The van der Waals surface area contributed by atoms with Crippen LogP contribution in [0.4, 0.5) is 4.39 Å². The van der Waals surface area contributed by atoms with Crippen molar-refractivity contribution in [3.05, 3.63) is 45.0 Å². The Balaban J connectivity index is 2.11. The maximum atomic E-state index is 15.0. The molecule has 0 bridgehead atoms. The third-order valence-electron chi connectivity index (χ3n) is 5.73. The number of aromatic nitrogens is 1. The van der Waals surface area contributed by atoms with E-state index in [0.717, 1.165) is 31.2 Å². The predicted octanol–water partition coefficient (Wildman–Crippen LogP) is 3.03. The van der Waals surface area contributed by atoms with Crippen LogP contribution >= 0.6 is 0 Å². The third-order valence-corrected chi connectivity index (χ3v) is 5.73. The molecule has 1 aromatic heterocycles. The summed E-state index contributed by atoms with van der Waals surface area (Å²) in [5.41, 5.74) is 0.853. The van der Waals surface area contributed by atoms with E-state index in [2.05, 4.69) is 0 Å². The summed E-state index contributed by atoms with van der Waals surface area (Å²) in [7, 11) is 3.88. The molecule has 1 heterocycles. The molecular formula is C19H21FN2O3. The molecule has 5 nitrogen and oxygen atoms in total. The normalized spacial score (nSPS) is 18.8. The molecular weight excluding hydrogens is 323 g/mol. The molecule has 2 aliphatic carbocycles. The van der Waals surface area contributed by atoms with Crippen molar-refractivity contribution in [2.75, 3.05) is 14.1 Å². The molecule has 2 aromatic rings. The second-order valence-corrected chi connectivity index (χ2v) is 7.50. The van der Waals surface area contributed by atoms with E-state index in [0.29, 0.717) is 11.1 Å². The average molecular weight is 344 g/mol. The number of rotatable bonds is 4. The van der Waals surface area contributed by atoms with E-state index in [1.165, 1.54) is 12.3 Å². The Morgan fingerprint density at radius 1 is 1.36 bits per heavy atom. The minimum atomic E-state index is -1.27. The van der Waals surface area contributed by atoms with Gasteiger partial charge in [0.05, 0.1) is 5.52 Å². The second-order valence-electron chi connectivity index (χ2n) is 7.50. The first kappa shape index (κ1) is 16.3. The van der Waals surface area contributed by atoms with Crippen LogP contribution < -0.4 is 5.43 Å². The number of carboxylic acid groups (broad SMARTS) is 1. The van der Waals surface area contributed by atoms with Crippen LogP contribution in [0.3, 0.4) is 0 Å². The highest BCUT2D eigenvalue weighted by molar-refractivity contribution is 5.94. The Labute approximate surface area is 144 Å². The fraction of sp³-hybridized carbons (Fsp3) is 0.474. The van der Waals surface area contributed by atoms with E-state index in [4.69, 9.17) is 0 Å². The number of aromatic carboxylic acids is 1. The van der Waals surface area contributed by atoms with Crippen molar-refractivity contribution in [1.82, 2.24) is 9.47 Å². The lowest BCUT2D eigenvalue weighted by Crippen LogP contribution is -2.30. The fourth-order valence-corrected chi connectivity index (χ4v) is 4.08. The number of fused-ring (bicyclic) bond motifs is 1. The van der Waals surface area contributed by atoms with Gasteiger partial charge in [0.25, 0.3) is 0 Å². The lowest BCUT2D eigenvalue weighted by molar-refractivity contribution is 0.0695.